The van der Waals surface area contributed by atoms with Gasteiger partial charge in [-0.1, -0.05) is 17.3 Å². The molecule has 5 heteroatoms. The fourth-order valence-electron chi connectivity index (χ4n) is 1.90. The highest BCUT2D eigenvalue weighted by Gasteiger charge is 2.15. The Morgan fingerprint density at radius 2 is 2.17 bits per heavy atom. The van der Waals surface area contributed by atoms with Crippen LogP contribution in [-0.4, -0.2) is 16.2 Å². The van der Waals surface area contributed by atoms with Crippen molar-refractivity contribution in [1.29, 1.82) is 0 Å². The van der Waals surface area contributed by atoms with Gasteiger partial charge in [0.15, 0.2) is 0 Å². The maximum atomic E-state index is 10.8. The first-order valence-electron chi connectivity index (χ1n) is 5.35. The monoisotopic (exact) mass is 243 g/mol. The standard InChI is InChI=1S/C13H9NO4/c1-7-5-8-3-2-4-9(12(8)17-7)10-6-11(13(15)16)18-14-10/h2-6H,1H3,(H,15,16). The number of carboxylic acid groups (broad SMARTS) is 1. The van der Waals surface area contributed by atoms with Crippen LogP contribution in [0.5, 0.6) is 0 Å². The van der Waals surface area contributed by atoms with Crippen molar-refractivity contribution in [3.05, 3.63) is 41.9 Å². The highest BCUT2D eigenvalue weighted by Crippen LogP contribution is 2.30. The van der Waals surface area contributed by atoms with Gasteiger partial charge in [0.1, 0.15) is 17.0 Å². The number of rotatable bonds is 2. The normalized spacial score (nSPS) is 10.9. The summed E-state index contributed by atoms with van der Waals surface area (Å²) in [6.07, 6.45) is 0. The van der Waals surface area contributed by atoms with Gasteiger partial charge in [0, 0.05) is 17.0 Å². The molecule has 0 atom stereocenters. The molecule has 0 aliphatic heterocycles. The molecule has 0 amide bonds. The molecule has 3 aromatic rings. The predicted octanol–water partition coefficient (Wildman–Crippen LogP) is 3.09. The SMILES string of the molecule is Cc1cc2cccc(-c3cc(C(=O)O)on3)c2o1. The summed E-state index contributed by atoms with van der Waals surface area (Å²) in [6.45, 7) is 1.86. The lowest BCUT2D eigenvalue weighted by Crippen LogP contribution is -1.91. The van der Waals surface area contributed by atoms with Gasteiger partial charge in [-0.25, -0.2) is 4.79 Å². The lowest BCUT2D eigenvalue weighted by molar-refractivity contribution is 0.0652. The van der Waals surface area contributed by atoms with E-state index in [1.54, 1.807) is 0 Å². The van der Waals surface area contributed by atoms with Gasteiger partial charge in [-0.3, -0.25) is 0 Å². The van der Waals surface area contributed by atoms with Crippen LogP contribution in [0.4, 0.5) is 0 Å². The average Bonchev–Trinajstić information content (AvgIpc) is 2.92. The molecule has 5 nitrogen and oxygen atoms in total. The quantitative estimate of drug-likeness (QED) is 0.748. The Hall–Kier alpha value is -2.56. The van der Waals surface area contributed by atoms with Crippen molar-refractivity contribution in [3.8, 4) is 11.3 Å². The molecular weight excluding hydrogens is 234 g/mol. The molecule has 0 fully saturated rings. The number of para-hydroxylation sites is 1. The summed E-state index contributed by atoms with van der Waals surface area (Å²) in [7, 11) is 0. The van der Waals surface area contributed by atoms with Gasteiger partial charge in [0.05, 0.1) is 0 Å². The molecule has 0 saturated carbocycles. The van der Waals surface area contributed by atoms with Crippen molar-refractivity contribution in [2.24, 2.45) is 0 Å². The summed E-state index contributed by atoms with van der Waals surface area (Å²) in [5.74, 6) is -0.541. The van der Waals surface area contributed by atoms with Crippen LogP contribution in [0.3, 0.4) is 0 Å². The second-order valence-corrected chi connectivity index (χ2v) is 3.96. The first kappa shape index (κ1) is 10.6. The van der Waals surface area contributed by atoms with Crippen LogP contribution in [0.2, 0.25) is 0 Å². The van der Waals surface area contributed by atoms with E-state index in [9.17, 15) is 4.79 Å². The molecule has 0 aliphatic carbocycles. The van der Waals surface area contributed by atoms with E-state index in [0.29, 0.717) is 11.3 Å². The van der Waals surface area contributed by atoms with Crippen LogP contribution in [0.1, 0.15) is 16.3 Å². The predicted molar refractivity (Wildman–Crippen MR) is 63.4 cm³/mol. The molecule has 0 unspecified atom stereocenters. The molecule has 90 valence electrons. The zero-order valence-corrected chi connectivity index (χ0v) is 9.51. The number of fused-ring (bicyclic) bond motifs is 1. The number of nitrogens with zero attached hydrogens (tertiary/aromatic N) is 1. The number of carbonyl (C=O) groups is 1. The maximum Gasteiger partial charge on any atom is 0.374 e. The third-order valence-electron chi connectivity index (χ3n) is 2.66. The summed E-state index contributed by atoms with van der Waals surface area (Å²) in [6, 6.07) is 8.90. The minimum absolute atomic E-state index is 0.190. The number of hydrogen-bond donors (Lipinski definition) is 1. The second-order valence-electron chi connectivity index (χ2n) is 3.96. The number of carboxylic acids is 1. The highest BCUT2D eigenvalue weighted by atomic mass is 16.5. The molecule has 0 saturated heterocycles. The van der Waals surface area contributed by atoms with Gasteiger partial charge in [-0.05, 0) is 19.1 Å². The second kappa shape index (κ2) is 3.73. The Bertz CT molecular complexity index is 738. The largest absolute Gasteiger partial charge is 0.475 e. The number of aromatic carboxylic acids is 1. The number of hydrogen-bond acceptors (Lipinski definition) is 4. The topological polar surface area (TPSA) is 76.5 Å². The van der Waals surface area contributed by atoms with Crippen LogP contribution < -0.4 is 0 Å². The Labute approximate surface area is 102 Å². The molecule has 0 spiro atoms. The van der Waals surface area contributed by atoms with E-state index in [4.69, 9.17) is 14.0 Å². The van der Waals surface area contributed by atoms with Gasteiger partial charge in [-0.2, -0.15) is 0 Å². The van der Waals surface area contributed by atoms with Crippen LogP contribution in [0, 0.1) is 6.92 Å². The van der Waals surface area contributed by atoms with Crippen LogP contribution >= 0.6 is 0 Å². The zero-order valence-electron chi connectivity index (χ0n) is 9.51. The first-order chi connectivity index (χ1) is 8.65. The summed E-state index contributed by atoms with van der Waals surface area (Å²) in [4.78, 5) is 10.8. The van der Waals surface area contributed by atoms with Crippen molar-refractivity contribution >= 4 is 16.9 Å². The van der Waals surface area contributed by atoms with E-state index < -0.39 is 5.97 Å². The van der Waals surface area contributed by atoms with Crippen molar-refractivity contribution in [3.63, 3.8) is 0 Å². The van der Waals surface area contributed by atoms with E-state index in [-0.39, 0.29) is 5.76 Å². The van der Waals surface area contributed by atoms with Crippen molar-refractivity contribution in [1.82, 2.24) is 5.16 Å². The van der Waals surface area contributed by atoms with E-state index in [0.717, 1.165) is 16.7 Å². The molecule has 2 heterocycles. The molecule has 3 rings (SSSR count). The third kappa shape index (κ3) is 1.57. The Kier molecular flexibility index (Phi) is 2.19. The summed E-state index contributed by atoms with van der Waals surface area (Å²) < 4.78 is 10.3. The van der Waals surface area contributed by atoms with Gasteiger partial charge >= 0.3 is 5.97 Å². The fourth-order valence-corrected chi connectivity index (χ4v) is 1.90. The Balaban J connectivity index is 2.21. The molecule has 0 aliphatic rings. The molecule has 1 aromatic carbocycles. The molecule has 2 aromatic heterocycles. The molecule has 18 heavy (non-hydrogen) atoms. The Morgan fingerprint density at radius 1 is 1.33 bits per heavy atom. The number of aryl methyl sites for hydroxylation is 1. The van der Waals surface area contributed by atoms with E-state index in [1.165, 1.54) is 6.07 Å². The minimum Gasteiger partial charge on any atom is -0.475 e. The summed E-state index contributed by atoms with van der Waals surface area (Å²) >= 11 is 0. The Morgan fingerprint density at radius 3 is 2.89 bits per heavy atom. The van der Waals surface area contributed by atoms with Crippen molar-refractivity contribution < 1.29 is 18.8 Å². The van der Waals surface area contributed by atoms with Gasteiger partial charge in [-0.15, -0.1) is 0 Å². The first-order valence-corrected chi connectivity index (χ1v) is 5.35. The smallest absolute Gasteiger partial charge is 0.374 e. The number of benzene rings is 1. The summed E-state index contributed by atoms with van der Waals surface area (Å²) in [5.41, 5.74) is 1.85. The molecule has 0 radical (unpaired) electrons. The molecular formula is C13H9NO4. The average molecular weight is 243 g/mol. The minimum atomic E-state index is -1.14. The summed E-state index contributed by atoms with van der Waals surface area (Å²) in [5, 5.41) is 13.5. The van der Waals surface area contributed by atoms with Crippen LogP contribution in [-0.2, 0) is 0 Å². The molecule has 0 bridgehead atoms. The number of furan rings is 1. The lowest BCUT2D eigenvalue weighted by atomic mass is 10.1. The van der Waals surface area contributed by atoms with Crippen LogP contribution in [0.15, 0.2) is 39.3 Å². The van der Waals surface area contributed by atoms with Crippen molar-refractivity contribution in [2.45, 2.75) is 6.92 Å². The molecule has 1 N–H and O–H groups in total. The zero-order chi connectivity index (χ0) is 12.7. The maximum absolute atomic E-state index is 10.8. The number of aromatic nitrogens is 1. The highest BCUT2D eigenvalue weighted by molar-refractivity contribution is 5.93. The fraction of sp³-hybridized carbons (Fsp3) is 0.0769. The van der Waals surface area contributed by atoms with E-state index in [1.807, 2.05) is 31.2 Å². The van der Waals surface area contributed by atoms with E-state index in [2.05, 4.69) is 5.16 Å². The third-order valence-corrected chi connectivity index (χ3v) is 2.66. The lowest BCUT2D eigenvalue weighted by Gasteiger charge is -1.96. The van der Waals surface area contributed by atoms with Crippen LogP contribution in [0.25, 0.3) is 22.2 Å². The van der Waals surface area contributed by atoms with Gasteiger partial charge in [0.2, 0.25) is 5.76 Å². The van der Waals surface area contributed by atoms with Crippen molar-refractivity contribution in [2.75, 3.05) is 0 Å². The van der Waals surface area contributed by atoms with Gasteiger partial charge < -0.3 is 14.0 Å². The van der Waals surface area contributed by atoms with Gasteiger partial charge in [0.25, 0.3) is 0 Å². The van der Waals surface area contributed by atoms with E-state index >= 15 is 0 Å².